The lowest BCUT2D eigenvalue weighted by molar-refractivity contribution is -0.127. The van der Waals surface area contributed by atoms with Crippen LogP contribution in [0.1, 0.15) is 52.4 Å². The van der Waals surface area contributed by atoms with Gasteiger partial charge in [0, 0.05) is 31.5 Å². The van der Waals surface area contributed by atoms with Crippen LogP contribution >= 0.6 is 0 Å². The summed E-state index contributed by atoms with van der Waals surface area (Å²) in [5, 5.41) is 8.96. The number of hydrogen-bond donors (Lipinski definition) is 3. The molecule has 20 heavy (non-hydrogen) atoms. The molecule has 2 amide bonds. The molecule has 116 valence electrons. The average Bonchev–Trinajstić information content (AvgIpc) is 2.44. The summed E-state index contributed by atoms with van der Waals surface area (Å²) in [6.07, 6.45) is 5.88. The minimum Gasteiger partial charge on any atom is -0.355 e. The highest BCUT2D eigenvalue weighted by Crippen LogP contribution is 2.23. The number of carbonyl (C=O) groups excluding carboxylic acids is 2. The Morgan fingerprint density at radius 2 is 1.85 bits per heavy atom. The van der Waals surface area contributed by atoms with E-state index in [0.29, 0.717) is 13.0 Å². The number of likely N-dealkylation sites (N-methyl/N-ethyl adjacent to an activating group) is 1. The molecule has 0 radical (unpaired) electrons. The summed E-state index contributed by atoms with van der Waals surface area (Å²) < 4.78 is 0. The van der Waals surface area contributed by atoms with Gasteiger partial charge in [0.1, 0.15) is 0 Å². The quantitative estimate of drug-likeness (QED) is 0.586. The first-order valence-corrected chi connectivity index (χ1v) is 7.91. The van der Waals surface area contributed by atoms with Crippen molar-refractivity contribution in [1.29, 1.82) is 0 Å². The van der Waals surface area contributed by atoms with Crippen molar-refractivity contribution >= 4 is 11.8 Å². The average molecular weight is 283 g/mol. The molecule has 5 nitrogen and oxygen atoms in total. The van der Waals surface area contributed by atoms with Crippen molar-refractivity contribution in [3.63, 3.8) is 0 Å². The molecule has 0 saturated heterocycles. The molecular formula is C15H29N3O2. The Morgan fingerprint density at radius 1 is 1.15 bits per heavy atom. The van der Waals surface area contributed by atoms with E-state index in [-0.39, 0.29) is 23.8 Å². The Labute approximate surface area is 122 Å². The molecule has 1 unspecified atom stereocenters. The van der Waals surface area contributed by atoms with Gasteiger partial charge in [-0.25, -0.2) is 0 Å². The van der Waals surface area contributed by atoms with Crippen LogP contribution in [-0.4, -0.2) is 37.5 Å². The molecule has 0 heterocycles. The first kappa shape index (κ1) is 17.0. The Kier molecular flexibility index (Phi) is 8.26. The molecular weight excluding hydrogens is 254 g/mol. The van der Waals surface area contributed by atoms with Gasteiger partial charge in [-0.15, -0.1) is 0 Å². The van der Waals surface area contributed by atoms with Gasteiger partial charge in [0.15, 0.2) is 0 Å². The van der Waals surface area contributed by atoms with Crippen LogP contribution < -0.4 is 16.0 Å². The van der Waals surface area contributed by atoms with E-state index in [9.17, 15) is 9.59 Å². The molecule has 1 rings (SSSR count). The molecule has 0 aromatic heterocycles. The molecule has 0 aromatic carbocycles. The van der Waals surface area contributed by atoms with Crippen molar-refractivity contribution in [1.82, 2.24) is 16.0 Å². The van der Waals surface area contributed by atoms with Crippen LogP contribution in [0.25, 0.3) is 0 Å². The summed E-state index contributed by atoms with van der Waals surface area (Å²) >= 11 is 0. The van der Waals surface area contributed by atoms with Gasteiger partial charge in [-0.3, -0.25) is 9.59 Å². The summed E-state index contributed by atoms with van der Waals surface area (Å²) in [7, 11) is 0. The van der Waals surface area contributed by atoms with Crippen molar-refractivity contribution in [2.45, 2.75) is 58.4 Å². The first-order valence-electron chi connectivity index (χ1n) is 7.91. The van der Waals surface area contributed by atoms with Crippen molar-refractivity contribution in [2.24, 2.45) is 5.92 Å². The van der Waals surface area contributed by atoms with Gasteiger partial charge in [-0.05, 0) is 26.3 Å². The number of rotatable bonds is 8. The van der Waals surface area contributed by atoms with Gasteiger partial charge >= 0.3 is 0 Å². The number of hydrogen-bond acceptors (Lipinski definition) is 3. The van der Waals surface area contributed by atoms with E-state index >= 15 is 0 Å². The molecule has 1 fully saturated rings. The Hall–Kier alpha value is -1.10. The molecule has 0 aliphatic heterocycles. The lowest BCUT2D eigenvalue weighted by atomic mass is 9.88. The topological polar surface area (TPSA) is 70.2 Å². The molecule has 3 N–H and O–H groups in total. The van der Waals surface area contributed by atoms with Crippen LogP contribution in [0.4, 0.5) is 0 Å². The number of carbonyl (C=O) groups is 2. The molecule has 1 aliphatic rings. The minimum atomic E-state index is -0.0939. The van der Waals surface area contributed by atoms with Gasteiger partial charge in [0.05, 0.1) is 0 Å². The van der Waals surface area contributed by atoms with E-state index in [4.69, 9.17) is 0 Å². The fourth-order valence-electron chi connectivity index (χ4n) is 2.59. The SMILES string of the molecule is CCNCCNC(=O)CC(C)NC(=O)C1CCCCC1. The van der Waals surface area contributed by atoms with Crippen LogP contribution in [0.3, 0.4) is 0 Å². The van der Waals surface area contributed by atoms with Gasteiger partial charge in [0.2, 0.25) is 11.8 Å². The normalized spacial score (nSPS) is 17.5. The maximum absolute atomic E-state index is 12.0. The Bertz CT molecular complexity index is 301. The summed E-state index contributed by atoms with van der Waals surface area (Å²) in [5.74, 6) is 0.278. The third kappa shape index (κ3) is 6.89. The highest BCUT2D eigenvalue weighted by atomic mass is 16.2. The van der Waals surface area contributed by atoms with Crippen LogP contribution in [-0.2, 0) is 9.59 Å². The van der Waals surface area contributed by atoms with Crippen molar-refractivity contribution < 1.29 is 9.59 Å². The Balaban J connectivity index is 2.16. The lowest BCUT2D eigenvalue weighted by Crippen LogP contribution is -2.41. The predicted molar refractivity (Wildman–Crippen MR) is 80.4 cm³/mol. The second-order valence-electron chi connectivity index (χ2n) is 5.65. The number of nitrogens with one attached hydrogen (secondary N) is 3. The van der Waals surface area contributed by atoms with E-state index < -0.39 is 0 Å². The van der Waals surface area contributed by atoms with Crippen molar-refractivity contribution in [3.05, 3.63) is 0 Å². The van der Waals surface area contributed by atoms with Gasteiger partial charge < -0.3 is 16.0 Å². The lowest BCUT2D eigenvalue weighted by Gasteiger charge is -2.23. The molecule has 1 saturated carbocycles. The standard InChI is InChI=1S/C15H29N3O2/c1-3-16-9-10-17-14(19)11-12(2)18-15(20)13-7-5-4-6-8-13/h12-13,16H,3-11H2,1-2H3,(H,17,19)(H,18,20). The fourth-order valence-corrected chi connectivity index (χ4v) is 2.59. The fraction of sp³-hybridized carbons (Fsp3) is 0.867. The molecule has 5 heteroatoms. The molecule has 0 bridgehead atoms. The minimum absolute atomic E-state index is 0.000604. The van der Waals surface area contributed by atoms with E-state index in [1.165, 1.54) is 6.42 Å². The molecule has 1 atom stereocenters. The van der Waals surface area contributed by atoms with Crippen molar-refractivity contribution in [2.75, 3.05) is 19.6 Å². The van der Waals surface area contributed by atoms with E-state index in [2.05, 4.69) is 16.0 Å². The summed E-state index contributed by atoms with van der Waals surface area (Å²) in [5.41, 5.74) is 0. The zero-order chi connectivity index (χ0) is 14.8. The zero-order valence-electron chi connectivity index (χ0n) is 12.8. The largest absolute Gasteiger partial charge is 0.355 e. The van der Waals surface area contributed by atoms with Gasteiger partial charge in [-0.1, -0.05) is 26.2 Å². The monoisotopic (exact) mass is 283 g/mol. The third-order valence-corrected chi connectivity index (χ3v) is 3.73. The predicted octanol–water partition coefficient (Wildman–Crippen LogP) is 1.19. The van der Waals surface area contributed by atoms with Crippen LogP contribution in [0, 0.1) is 5.92 Å². The van der Waals surface area contributed by atoms with Crippen LogP contribution in [0.5, 0.6) is 0 Å². The summed E-state index contributed by atoms with van der Waals surface area (Å²) in [4.78, 5) is 23.7. The van der Waals surface area contributed by atoms with E-state index in [0.717, 1.165) is 38.8 Å². The Morgan fingerprint density at radius 3 is 2.50 bits per heavy atom. The maximum atomic E-state index is 12.0. The van der Waals surface area contributed by atoms with Crippen molar-refractivity contribution in [3.8, 4) is 0 Å². The highest BCUT2D eigenvalue weighted by Gasteiger charge is 2.22. The summed E-state index contributed by atoms with van der Waals surface area (Å²) in [6, 6.07) is -0.0939. The second kappa shape index (κ2) is 9.75. The van der Waals surface area contributed by atoms with Gasteiger partial charge in [0.25, 0.3) is 0 Å². The maximum Gasteiger partial charge on any atom is 0.223 e. The first-order chi connectivity index (χ1) is 9.63. The molecule has 0 aromatic rings. The molecule has 1 aliphatic carbocycles. The second-order valence-corrected chi connectivity index (χ2v) is 5.65. The number of amides is 2. The smallest absolute Gasteiger partial charge is 0.223 e. The van der Waals surface area contributed by atoms with E-state index in [1.54, 1.807) is 0 Å². The van der Waals surface area contributed by atoms with Gasteiger partial charge in [-0.2, -0.15) is 0 Å². The molecule has 0 spiro atoms. The highest BCUT2D eigenvalue weighted by molar-refractivity contribution is 5.81. The van der Waals surface area contributed by atoms with Crippen LogP contribution in [0.15, 0.2) is 0 Å². The van der Waals surface area contributed by atoms with E-state index in [1.807, 2.05) is 13.8 Å². The third-order valence-electron chi connectivity index (χ3n) is 3.73. The summed E-state index contributed by atoms with van der Waals surface area (Å²) in [6.45, 7) is 6.25. The zero-order valence-corrected chi connectivity index (χ0v) is 12.8. The van der Waals surface area contributed by atoms with Crippen LogP contribution in [0.2, 0.25) is 0 Å².